The molecule has 1 aliphatic carbocycles. The summed E-state index contributed by atoms with van der Waals surface area (Å²) in [4.78, 5) is 4.80. The van der Waals surface area contributed by atoms with E-state index in [4.69, 9.17) is 9.73 Å². The first-order valence-electron chi connectivity index (χ1n) is 11.6. The van der Waals surface area contributed by atoms with Crippen LogP contribution in [0.3, 0.4) is 0 Å². The van der Waals surface area contributed by atoms with Crippen LogP contribution >= 0.6 is 0 Å². The smallest absolute Gasteiger partial charge is 0.192 e. The Kier molecular flexibility index (Phi) is 8.88. The van der Waals surface area contributed by atoms with Crippen molar-refractivity contribution in [3.63, 3.8) is 0 Å². The first kappa shape index (κ1) is 23.3. The van der Waals surface area contributed by atoms with Crippen molar-refractivity contribution in [2.24, 2.45) is 18.0 Å². The molecule has 1 heterocycles. The topological polar surface area (TPSA) is 76.4 Å². The highest BCUT2D eigenvalue weighted by Crippen LogP contribution is 2.30. The first-order chi connectivity index (χ1) is 15.1. The maximum atomic E-state index is 6.08. The average molecular weight is 427 g/mol. The molecule has 0 amide bonds. The molecule has 3 rings (SSSR count). The SMILES string of the molecule is CCOC(CCNC(=NCc1nnc(C)n1C)NC(C)c1ccccc1)C1CCCC1. The minimum atomic E-state index is 0.145. The summed E-state index contributed by atoms with van der Waals surface area (Å²) in [5, 5.41) is 15.5. The molecule has 7 nitrogen and oxygen atoms in total. The summed E-state index contributed by atoms with van der Waals surface area (Å²) in [7, 11) is 1.97. The zero-order valence-electron chi connectivity index (χ0n) is 19.5. The number of ether oxygens (including phenoxy) is 1. The molecule has 1 aromatic carbocycles. The van der Waals surface area contributed by atoms with Gasteiger partial charge in [-0.05, 0) is 51.5 Å². The molecule has 2 unspecified atom stereocenters. The van der Waals surface area contributed by atoms with Crippen LogP contribution < -0.4 is 10.6 Å². The highest BCUT2D eigenvalue weighted by atomic mass is 16.5. The zero-order chi connectivity index (χ0) is 22.1. The first-order valence-corrected chi connectivity index (χ1v) is 11.6. The Morgan fingerprint density at radius 3 is 2.61 bits per heavy atom. The molecule has 0 radical (unpaired) electrons. The fourth-order valence-electron chi connectivity index (χ4n) is 4.25. The van der Waals surface area contributed by atoms with E-state index in [2.05, 4.69) is 58.9 Å². The van der Waals surface area contributed by atoms with Gasteiger partial charge in [0, 0.05) is 20.2 Å². The van der Waals surface area contributed by atoms with Gasteiger partial charge >= 0.3 is 0 Å². The molecule has 1 saturated carbocycles. The Balaban J connectivity index is 1.64. The molecular weight excluding hydrogens is 388 g/mol. The van der Waals surface area contributed by atoms with Crippen molar-refractivity contribution in [3.8, 4) is 0 Å². The van der Waals surface area contributed by atoms with Crippen molar-refractivity contribution in [1.29, 1.82) is 0 Å². The Morgan fingerprint density at radius 1 is 1.23 bits per heavy atom. The lowest BCUT2D eigenvalue weighted by atomic mass is 9.98. The van der Waals surface area contributed by atoms with Gasteiger partial charge in [0.1, 0.15) is 12.4 Å². The van der Waals surface area contributed by atoms with Crippen LogP contribution in [0, 0.1) is 12.8 Å². The van der Waals surface area contributed by atoms with Gasteiger partial charge in [0.25, 0.3) is 0 Å². The van der Waals surface area contributed by atoms with Gasteiger partial charge in [-0.3, -0.25) is 0 Å². The highest BCUT2D eigenvalue weighted by Gasteiger charge is 2.25. The van der Waals surface area contributed by atoms with E-state index in [1.165, 1.54) is 31.2 Å². The quantitative estimate of drug-likeness (QED) is 0.445. The third-order valence-corrected chi connectivity index (χ3v) is 6.24. The second kappa shape index (κ2) is 11.8. The lowest BCUT2D eigenvalue weighted by Gasteiger charge is -2.24. The molecule has 1 aliphatic rings. The van der Waals surface area contributed by atoms with Gasteiger partial charge in [0.15, 0.2) is 11.8 Å². The van der Waals surface area contributed by atoms with Gasteiger partial charge in [-0.1, -0.05) is 43.2 Å². The third kappa shape index (κ3) is 6.79. The third-order valence-electron chi connectivity index (χ3n) is 6.24. The van der Waals surface area contributed by atoms with E-state index < -0.39 is 0 Å². The van der Waals surface area contributed by atoms with Gasteiger partial charge in [0.05, 0.1) is 12.1 Å². The Morgan fingerprint density at radius 2 is 1.97 bits per heavy atom. The molecule has 0 spiro atoms. The van der Waals surface area contributed by atoms with Crippen molar-refractivity contribution < 1.29 is 4.74 Å². The summed E-state index contributed by atoms with van der Waals surface area (Å²) >= 11 is 0. The van der Waals surface area contributed by atoms with Crippen molar-refractivity contribution >= 4 is 5.96 Å². The van der Waals surface area contributed by atoms with Crippen LogP contribution in [-0.2, 0) is 18.3 Å². The molecule has 31 heavy (non-hydrogen) atoms. The minimum Gasteiger partial charge on any atom is -0.378 e. The second-order valence-corrected chi connectivity index (χ2v) is 8.42. The molecule has 7 heteroatoms. The fourth-order valence-corrected chi connectivity index (χ4v) is 4.25. The van der Waals surface area contributed by atoms with Gasteiger partial charge in [-0.25, -0.2) is 4.99 Å². The van der Waals surface area contributed by atoms with Crippen LogP contribution in [0.25, 0.3) is 0 Å². The summed E-state index contributed by atoms with van der Waals surface area (Å²) in [6.45, 7) is 8.27. The van der Waals surface area contributed by atoms with E-state index in [1.807, 2.05) is 24.6 Å². The molecular formula is C24H38N6O. The lowest BCUT2D eigenvalue weighted by Crippen LogP contribution is -2.40. The van der Waals surface area contributed by atoms with Gasteiger partial charge in [0.2, 0.25) is 0 Å². The van der Waals surface area contributed by atoms with Gasteiger partial charge in [-0.2, -0.15) is 0 Å². The monoisotopic (exact) mass is 426 g/mol. The number of hydrogen-bond acceptors (Lipinski definition) is 4. The van der Waals surface area contributed by atoms with Crippen LogP contribution in [0.4, 0.5) is 0 Å². The second-order valence-electron chi connectivity index (χ2n) is 8.42. The number of aromatic nitrogens is 3. The maximum Gasteiger partial charge on any atom is 0.192 e. The minimum absolute atomic E-state index is 0.145. The zero-order valence-corrected chi connectivity index (χ0v) is 19.5. The van der Waals surface area contributed by atoms with E-state index in [0.29, 0.717) is 18.6 Å². The number of rotatable bonds is 10. The van der Waals surface area contributed by atoms with Gasteiger partial charge in [-0.15, -0.1) is 10.2 Å². The van der Waals surface area contributed by atoms with E-state index in [9.17, 15) is 0 Å². The molecule has 2 atom stereocenters. The van der Waals surface area contributed by atoms with E-state index in [-0.39, 0.29) is 6.04 Å². The number of nitrogens with one attached hydrogen (secondary N) is 2. The molecule has 2 aromatic rings. The summed E-state index contributed by atoms with van der Waals surface area (Å²) in [5.41, 5.74) is 1.23. The number of hydrogen-bond donors (Lipinski definition) is 2. The Hall–Kier alpha value is -2.41. The van der Waals surface area contributed by atoms with Crippen molar-refractivity contribution in [3.05, 3.63) is 47.5 Å². The molecule has 1 fully saturated rings. The summed E-state index contributed by atoms with van der Waals surface area (Å²) < 4.78 is 8.06. The lowest BCUT2D eigenvalue weighted by molar-refractivity contribution is 0.0169. The summed E-state index contributed by atoms with van der Waals surface area (Å²) in [5.74, 6) is 3.23. The maximum absolute atomic E-state index is 6.08. The fraction of sp³-hybridized carbons (Fsp3) is 0.625. The molecule has 0 aliphatic heterocycles. The van der Waals surface area contributed by atoms with Crippen LogP contribution in [0.5, 0.6) is 0 Å². The molecule has 2 N–H and O–H groups in total. The van der Waals surface area contributed by atoms with Crippen LogP contribution in [-0.4, -0.2) is 40.0 Å². The van der Waals surface area contributed by atoms with Crippen molar-refractivity contribution in [1.82, 2.24) is 25.4 Å². The van der Waals surface area contributed by atoms with E-state index in [0.717, 1.165) is 37.2 Å². The average Bonchev–Trinajstić information content (AvgIpc) is 3.43. The predicted octanol–water partition coefficient (Wildman–Crippen LogP) is 3.91. The predicted molar refractivity (Wildman–Crippen MR) is 125 cm³/mol. The number of benzene rings is 1. The normalized spacial score (nSPS) is 17.0. The Labute approximate surface area is 186 Å². The van der Waals surface area contributed by atoms with Crippen molar-refractivity contribution in [2.75, 3.05) is 13.2 Å². The molecule has 1 aromatic heterocycles. The van der Waals surface area contributed by atoms with E-state index in [1.54, 1.807) is 0 Å². The number of nitrogens with zero attached hydrogens (tertiary/aromatic N) is 4. The standard InChI is InChI=1S/C24H38N6O/c1-5-31-22(21-13-9-10-14-21)15-16-25-24(26-17-23-29-28-19(3)30(23)4)27-18(2)20-11-7-6-8-12-20/h6-8,11-12,18,21-22H,5,9-10,13-17H2,1-4H3,(H2,25,26,27). The highest BCUT2D eigenvalue weighted by molar-refractivity contribution is 5.80. The molecule has 0 saturated heterocycles. The summed E-state index contributed by atoms with van der Waals surface area (Å²) in [6, 6.07) is 10.6. The Bertz CT molecular complexity index is 813. The summed E-state index contributed by atoms with van der Waals surface area (Å²) in [6.07, 6.45) is 6.57. The number of aliphatic imine (C=N–C) groups is 1. The number of aryl methyl sites for hydroxylation is 1. The van der Waals surface area contributed by atoms with E-state index >= 15 is 0 Å². The number of guanidine groups is 1. The largest absolute Gasteiger partial charge is 0.378 e. The van der Waals surface area contributed by atoms with Crippen LogP contribution in [0.1, 0.15) is 69.2 Å². The molecule has 0 bridgehead atoms. The van der Waals surface area contributed by atoms with Crippen molar-refractivity contribution in [2.45, 2.75) is 71.6 Å². The van der Waals surface area contributed by atoms with Crippen LogP contribution in [0.2, 0.25) is 0 Å². The molecule has 170 valence electrons. The van der Waals surface area contributed by atoms with Crippen LogP contribution in [0.15, 0.2) is 35.3 Å². The van der Waals surface area contributed by atoms with Gasteiger partial charge < -0.3 is 19.9 Å².